The molecule has 25 heavy (non-hydrogen) atoms. The number of hydrogen-bond acceptors (Lipinski definition) is 6. The Hall–Kier alpha value is -2.46. The third-order valence-electron chi connectivity index (χ3n) is 3.98. The molecule has 8 nitrogen and oxygen atoms in total. The number of non-ortho nitro benzene ring substituents is 1. The summed E-state index contributed by atoms with van der Waals surface area (Å²) in [7, 11) is -4.08. The van der Waals surface area contributed by atoms with Crippen LogP contribution in [0.3, 0.4) is 0 Å². The van der Waals surface area contributed by atoms with E-state index in [2.05, 4.69) is 4.72 Å². The third-order valence-corrected chi connectivity index (χ3v) is 6.67. The van der Waals surface area contributed by atoms with Crippen LogP contribution in [0.25, 0.3) is 0 Å². The predicted octanol–water partition coefficient (Wildman–Crippen LogP) is 2.43. The van der Waals surface area contributed by atoms with Gasteiger partial charge in [-0.1, -0.05) is 6.07 Å². The number of amides is 1. The van der Waals surface area contributed by atoms with E-state index in [0.29, 0.717) is 6.42 Å². The number of carbonyl (C=O) groups is 1. The zero-order chi connectivity index (χ0) is 18.2. The lowest BCUT2D eigenvalue weighted by Gasteiger charge is -2.11. The van der Waals surface area contributed by atoms with E-state index < -0.39 is 20.9 Å². The first kappa shape index (κ1) is 17.4. The summed E-state index contributed by atoms with van der Waals surface area (Å²) in [5.41, 5.74) is 6.13. The Balaban J connectivity index is 2.02. The van der Waals surface area contributed by atoms with E-state index in [1.165, 1.54) is 29.5 Å². The molecule has 1 aromatic carbocycles. The van der Waals surface area contributed by atoms with Crippen molar-refractivity contribution in [1.29, 1.82) is 0 Å². The second-order valence-electron chi connectivity index (χ2n) is 5.64. The summed E-state index contributed by atoms with van der Waals surface area (Å²) in [6, 6.07) is 4.73. The van der Waals surface area contributed by atoms with Crippen LogP contribution in [0.15, 0.2) is 29.2 Å². The smallest absolute Gasteiger partial charge is 0.270 e. The minimum absolute atomic E-state index is 0.172. The molecule has 1 aliphatic rings. The summed E-state index contributed by atoms with van der Waals surface area (Å²) >= 11 is 1.20. The Morgan fingerprint density at radius 1 is 1.28 bits per heavy atom. The van der Waals surface area contributed by atoms with Crippen LogP contribution < -0.4 is 10.5 Å². The van der Waals surface area contributed by atoms with Gasteiger partial charge in [-0.25, -0.2) is 8.42 Å². The van der Waals surface area contributed by atoms with Crippen LogP contribution in [0.1, 0.15) is 33.6 Å². The number of benzene rings is 1. The maximum absolute atomic E-state index is 12.6. The van der Waals surface area contributed by atoms with Crippen molar-refractivity contribution in [1.82, 2.24) is 0 Å². The summed E-state index contributed by atoms with van der Waals surface area (Å²) < 4.78 is 27.5. The molecule has 1 amide bonds. The van der Waals surface area contributed by atoms with Gasteiger partial charge in [0.25, 0.3) is 21.6 Å². The zero-order valence-corrected chi connectivity index (χ0v) is 14.7. The average Bonchev–Trinajstić information content (AvgIpc) is 2.92. The number of fused-ring (bicyclic) bond motifs is 1. The van der Waals surface area contributed by atoms with E-state index >= 15 is 0 Å². The SMILES string of the molecule is NC(=O)c1c(NS(=O)(=O)c2cccc([N+](=O)[O-])c2)sc2c1CCCC2. The zero-order valence-electron chi connectivity index (χ0n) is 13.0. The van der Waals surface area contributed by atoms with Crippen LogP contribution in [0.4, 0.5) is 10.7 Å². The van der Waals surface area contributed by atoms with Crippen molar-refractivity contribution < 1.29 is 18.1 Å². The first-order chi connectivity index (χ1) is 11.8. The molecule has 0 aliphatic heterocycles. The summed E-state index contributed by atoms with van der Waals surface area (Å²) in [5, 5.41) is 11.0. The van der Waals surface area contributed by atoms with Crippen LogP contribution in [-0.2, 0) is 22.9 Å². The monoisotopic (exact) mass is 381 g/mol. The van der Waals surface area contributed by atoms with E-state index in [1.807, 2.05) is 0 Å². The number of nitro benzene ring substituents is 1. The number of hydrogen-bond donors (Lipinski definition) is 2. The van der Waals surface area contributed by atoms with E-state index in [4.69, 9.17) is 5.73 Å². The molecular weight excluding hydrogens is 366 g/mol. The van der Waals surface area contributed by atoms with Crippen LogP contribution in [0.2, 0.25) is 0 Å². The number of thiophene rings is 1. The van der Waals surface area contributed by atoms with Gasteiger partial charge in [-0.05, 0) is 37.3 Å². The lowest BCUT2D eigenvalue weighted by molar-refractivity contribution is -0.385. The molecule has 0 bridgehead atoms. The first-order valence-corrected chi connectivity index (χ1v) is 9.81. The molecule has 132 valence electrons. The minimum atomic E-state index is -4.08. The molecule has 3 N–H and O–H groups in total. The number of rotatable bonds is 5. The van der Waals surface area contributed by atoms with Crippen molar-refractivity contribution in [3.8, 4) is 0 Å². The molecule has 0 radical (unpaired) electrons. The fourth-order valence-electron chi connectivity index (χ4n) is 2.84. The van der Waals surface area contributed by atoms with Crippen LogP contribution in [-0.4, -0.2) is 19.2 Å². The van der Waals surface area contributed by atoms with Gasteiger partial charge in [-0.2, -0.15) is 0 Å². The summed E-state index contributed by atoms with van der Waals surface area (Å²) in [5.74, 6) is -0.684. The second kappa shape index (κ2) is 6.45. The number of sulfonamides is 1. The van der Waals surface area contributed by atoms with Gasteiger partial charge >= 0.3 is 0 Å². The fraction of sp³-hybridized carbons (Fsp3) is 0.267. The Kier molecular flexibility index (Phi) is 4.48. The largest absolute Gasteiger partial charge is 0.365 e. The highest BCUT2D eigenvalue weighted by Crippen LogP contribution is 2.39. The van der Waals surface area contributed by atoms with Gasteiger partial charge < -0.3 is 5.73 Å². The van der Waals surface area contributed by atoms with Crippen molar-refractivity contribution in [3.63, 3.8) is 0 Å². The lowest BCUT2D eigenvalue weighted by atomic mass is 9.95. The van der Waals surface area contributed by atoms with Gasteiger partial charge in [0.1, 0.15) is 5.00 Å². The van der Waals surface area contributed by atoms with Gasteiger partial charge in [-0.3, -0.25) is 19.6 Å². The van der Waals surface area contributed by atoms with E-state index in [0.717, 1.165) is 35.8 Å². The summed E-state index contributed by atoms with van der Waals surface area (Å²) in [4.78, 5) is 22.7. The van der Waals surface area contributed by atoms with E-state index in [9.17, 15) is 23.3 Å². The topological polar surface area (TPSA) is 132 Å². The Morgan fingerprint density at radius 2 is 2.00 bits per heavy atom. The lowest BCUT2D eigenvalue weighted by Crippen LogP contribution is -2.19. The number of nitrogens with zero attached hydrogens (tertiary/aromatic N) is 1. The molecule has 0 saturated carbocycles. The molecule has 0 spiro atoms. The molecule has 0 atom stereocenters. The van der Waals surface area contributed by atoms with Crippen molar-refractivity contribution in [2.24, 2.45) is 5.73 Å². The summed E-state index contributed by atoms with van der Waals surface area (Å²) in [6.07, 6.45) is 3.35. The molecule has 0 fully saturated rings. The number of primary amides is 1. The Labute approximate surface area is 147 Å². The molecule has 2 aromatic rings. The summed E-state index contributed by atoms with van der Waals surface area (Å²) in [6.45, 7) is 0. The number of carbonyl (C=O) groups excluding carboxylic acids is 1. The van der Waals surface area contributed by atoms with E-state index in [1.54, 1.807) is 0 Å². The number of aryl methyl sites for hydroxylation is 1. The van der Waals surface area contributed by atoms with Gasteiger partial charge in [0.2, 0.25) is 0 Å². The molecule has 1 aromatic heterocycles. The minimum Gasteiger partial charge on any atom is -0.365 e. The molecule has 0 unspecified atom stereocenters. The highest BCUT2D eigenvalue weighted by Gasteiger charge is 2.27. The van der Waals surface area contributed by atoms with Crippen molar-refractivity contribution in [3.05, 3.63) is 50.4 Å². The molecule has 1 aliphatic carbocycles. The molecular formula is C15H15N3O5S2. The maximum atomic E-state index is 12.6. The molecule has 10 heteroatoms. The van der Waals surface area contributed by atoms with Gasteiger partial charge in [0.05, 0.1) is 15.4 Å². The van der Waals surface area contributed by atoms with Crippen molar-refractivity contribution in [2.75, 3.05) is 4.72 Å². The van der Waals surface area contributed by atoms with Gasteiger partial charge in [0.15, 0.2) is 0 Å². The molecule has 0 saturated heterocycles. The highest BCUT2D eigenvalue weighted by atomic mass is 32.2. The van der Waals surface area contributed by atoms with Crippen molar-refractivity contribution >= 4 is 38.0 Å². The second-order valence-corrected chi connectivity index (χ2v) is 8.43. The van der Waals surface area contributed by atoms with Crippen molar-refractivity contribution in [2.45, 2.75) is 30.6 Å². The number of anilines is 1. The van der Waals surface area contributed by atoms with Gasteiger partial charge in [-0.15, -0.1) is 11.3 Å². The van der Waals surface area contributed by atoms with Gasteiger partial charge in [0, 0.05) is 17.0 Å². The standard InChI is InChI=1S/C15H15N3O5S2/c16-14(19)13-11-6-1-2-7-12(11)24-15(13)17-25(22,23)10-5-3-4-9(8-10)18(20)21/h3-5,8,17H,1-2,6-7H2,(H2,16,19). The molecule has 3 rings (SSSR count). The normalized spacial score (nSPS) is 13.9. The van der Waals surface area contributed by atoms with Crippen LogP contribution >= 0.6 is 11.3 Å². The highest BCUT2D eigenvalue weighted by molar-refractivity contribution is 7.93. The maximum Gasteiger partial charge on any atom is 0.270 e. The Bertz CT molecular complexity index is 966. The first-order valence-electron chi connectivity index (χ1n) is 7.51. The number of nitrogens with two attached hydrogens (primary N) is 1. The van der Waals surface area contributed by atoms with Crippen LogP contribution in [0.5, 0.6) is 0 Å². The van der Waals surface area contributed by atoms with E-state index in [-0.39, 0.29) is 21.1 Å². The third kappa shape index (κ3) is 3.35. The number of nitrogens with one attached hydrogen (secondary N) is 1. The number of nitro groups is 1. The quantitative estimate of drug-likeness (QED) is 0.606. The average molecular weight is 381 g/mol. The predicted molar refractivity (Wildman–Crippen MR) is 93.4 cm³/mol. The fourth-order valence-corrected chi connectivity index (χ4v) is 5.48. The Morgan fingerprint density at radius 3 is 2.68 bits per heavy atom. The molecule has 1 heterocycles. The van der Waals surface area contributed by atoms with Crippen LogP contribution in [0, 0.1) is 10.1 Å².